The zero-order valence-electron chi connectivity index (χ0n) is 7.63. The first kappa shape index (κ1) is 8.72. The molecule has 64 valence electrons. The van der Waals surface area contributed by atoms with Crippen molar-refractivity contribution in [1.29, 1.82) is 0 Å². The van der Waals surface area contributed by atoms with Crippen LogP contribution in [0.25, 0.3) is 0 Å². The maximum atomic E-state index is 10.6. The lowest BCUT2D eigenvalue weighted by Gasteiger charge is -2.34. The van der Waals surface area contributed by atoms with Gasteiger partial charge in [0, 0.05) is 5.54 Å². The highest BCUT2D eigenvalue weighted by Gasteiger charge is 2.32. The van der Waals surface area contributed by atoms with Gasteiger partial charge in [-0.3, -0.25) is 4.90 Å². The Morgan fingerprint density at radius 2 is 2.09 bits per heavy atom. The van der Waals surface area contributed by atoms with E-state index in [1.54, 1.807) is 0 Å². The summed E-state index contributed by atoms with van der Waals surface area (Å²) in [6.07, 6.45) is 3.29. The quantitative estimate of drug-likeness (QED) is 0.534. The molecule has 11 heavy (non-hydrogen) atoms. The molecule has 1 aliphatic rings. The lowest BCUT2D eigenvalue weighted by Crippen LogP contribution is -2.45. The fourth-order valence-electron chi connectivity index (χ4n) is 1.77. The van der Waals surface area contributed by atoms with E-state index in [1.165, 1.54) is 6.42 Å². The predicted molar refractivity (Wildman–Crippen MR) is 45.5 cm³/mol. The summed E-state index contributed by atoms with van der Waals surface area (Å²) in [4.78, 5) is 12.9. The number of nitrogens with zero attached hydrogens (tertiary/aromatic N) is 1. The minimum Gasteiger partial charge on any atom is -0.302 e. The summed E-state index contributed by atoms with van der Waals surface area (Å²) in [6, 6.07) is 0.176. The van der Waals surface area contributed by atoms with Crippen LogP contribution in [0.3, 0.4) is 0 Å². The van der Waals surface area contributed by atoms with Crippen LogP contribution in [-0.2, 0) is 4.79 Å². The smallest absolute Gasteiger partial charge is 0.137 e. The van der Waals surface area contributed by atoms with E-state index in [0.717, 1.165) is 19.3 Å². The molecule has 0 saturated carbocycles. The van der Waals surface area contributed by atoms with Crippen LogP contribution in [-0.4, -0.2) is 29.3 Å². The van der Waals surface area contributed by atoms with Crippen LogP contribution in [0.5, 0.6) is 0 Å². The van der Waals surface area contributed by atoms with Crippen molar-refractivity contribution in [2.45, 2.75) is 45.2 Å². The second kappa shape index (κ2) is 2.94. The third-order valence-corrected chi connectivity index (χ3v) is 2.32. The number of carbonyl (C=O) groups is 1. The van der Waals surface area contributed by atoms with Crippen LogP contribution < -0.4 is 0 Å². The molecule has 0 bridgehead atoms. The van der Waals surface area contributed by atoms with Crippen molar-refractivity contribution in [3.63, 3.8) is 0 Å². The van der Waals surface area contributed by atoms with Crippen LogP contribution in [0.1, 0.15) is 33.6 Å². The SMILES string of the molecule is CC(C)(C)N1CCCC1C=O. The first-order valence-corrected chi connectivity index (χ1v) is 4.28. The van der Waals surface area contributed by atoms with Crippen molar-refractivity contribution in [3.05, 3.63) is 0 Å². The number of likely N-dealkylation sites (tertiary alicyclic amines) is 1. The minimum atomic E-state index is 0.155. The Hall–Kier alpha value is -0.370. The molecule has 0 radical (unpaired) electrons. The van der Waals surface area contributed by atoms with Gasteiger partial charge in [0.2, 0.25) is 0 Å². The standard InChI is InChI=1S/C9H17NO/c1-9(2,3)10-6-4-5-8(10)7-11/h7-8H,4-6H2,1-3H3. The molecule has 0 aliphatic carbocycles. The van der Waals surface area contributed by atoms with E-state index in [-0.39, 0.29) is 11.6 Å². The summed E-state index contributed by atoms with van der Waals surface area (Å²) in [7, 11) is 0. The number of hydrogen-bond donors (Lipinski definition) is 0. The van der Waals surface area contributed by atoms with Crippen molar-refractivity contribution in [1.82, 2.24) is 4.90 Å². The molecule has 2 nitrogen and oxygen atoms in total. The van der Waals surface area contributed by atoms with E-state index in [0.29, 0.717) is 0 Å². The summed E-state index contributed by atoms with van der Waals surface area (Å²) in [5.74, 6) is 0. The zero-order chi connectivity index (χ0) is 8.48. The number of hydrogen-bond acceptors (Lipinski definition) is 2. The molecule has 2 heteroatoms. The molecule has 0 aromatic carbocycles. The second-order valence-corrected chi connectivity index (χ2v) is 4.21. The van der Waals surface area contributed by atoms with Crippen LogP contribution >= 0.6 is 0 Å². The van der Waals surface area contributed by atoms with Gasteiger partial charge in [-0.15, -0.1) is 0 Å². The Morgan fingerprint density at radius 1 is 1.45 bits per heavy atom. The third kappa shape index (κ3) is 1.80. The highest BCUT2D eigenvalue weighted by atomic mass is 16.1. The number of rotatable bonds is 1. The Morgan fingerprint density at radius 3 is 2.45 bits per heavy atom. The van der Waals surface area contributed by atoms with Crippen molar-refractivity contribution in [2.24, 2.45) is 0 Å². The normalized spacial score (nSPS) is 27.4. The lowest BCUT2D eigenvalue weighted by molar-refractivity contribution is -0.113. The summed E-state index contributed by atoms with van der Waals surface area (Å²) in [5, 5.41) is 0. The van der Waals surface area contributed by atoms with Gasteiger partial charge in [0.25, 0.3) is 0 Å². The molecule has 0 spiro atoms. The molecule has 1 unspecified atom stereocenters. The summed E-state index contributed by atoms with van der Waals surface area (Å²) < 4.78 is 0. The topological polar surface area (TPSA) is 20.3 Å². The van der Waals surface area contributed by atoms with Gasteiger partial charge in [0.1, 0.15) is 6.29 Å². The fourth-order valence-corrected chi connectivity index (χ4v) is 1.77. The van der Waals surface area contributed by atoms with E-state index >= 15 is 0 Å². The average Bonchev–Trinajstić information content (AvgIpc) is 2.31. The van der Waals surface area contributed by atoms with E-state index in [4.69, 9.17) is 0 Å². The average molecular weight is 155 g/mol. The summed E-state index contributed by atoms with van der Waals surface area (Å²) in [5.41, 5.74) is 0.155. The third-order valence-electron chi connectivity index (χ3n) is 2.32. The van der Waals surface area contributed by atoms with Crippen LogP contribution in [0, 0.1) is 0 Å². The highest BCUT2D eigenvalue weighted by molar-refractivity contribution is 5.58. The highest BCUT2D eigenvalue weighted by Crippen LogP contribution is 2.24. The van der Waals surface area contributed by atoms with E-state index in [9.17, 15) is 4.79 Å². The lowest BCUT2D eigenvalue weighted by atomic mass is 10.1. The number of carbonyl (C=O) groups excluding carboxylic acids is 1. The molecular formula is C9H17NO. The largest absolute Gasteiger partial charge is 0.302 e. The van der Waals surface area contributed by atoms with Gasteiger partial charge in [0.05, 0.1) is 6.04 Å². The first-order valence-electron chi connectivity index (χ1n) is 4.28. The summed E-state index contributed by atoms with van der Waals surface area (Å²) in [6.45, 7) is 7.56. The summed E-state index contributed by atoms with van der Waals surface area (Å²) >= 11 is 0. The minimum absolute atomic E-state index is 0.155. The molecule has 1 aliphatic heterocycles. The van der Waals surface area contributed by atoms with Gasteiger partial charge >= 0.3 is 0 Å². The van der Waals surface area contributed by atoms with Gasteiger partial charge in [-0.05, 0) is 40.2 Å². The fraction of sp³-hybridized carbons (Fsp3) is 0.889. The zero-order valence-corrected chi connectivity index (χ0v) is 7.63. The Kier molecular flexibility index (Phi) is 2.33. The van der Waals surface area contributed by atoms with Crippen molar-refractivity contribution in [2.75, 3.05) is 6.54 Å². The van der Waals surface area contributed by atoms with E-state index in [2.05, 4.69) is 25.7 Å². The van der Waals surface area contributed by atoms with Crippen molar-refractivity contribution >= 4 is 6.29 Å². The maximum Gasteiger partial charge on any atom is 0.137 e. The molecule has 0 N–H and O–H groups in total. The van der Waals surface area contributed by atoms with Gasteiger partial charge in [-0.25, -0.2) is 0 Å². The second-order valence-electron chi connectivity index (χ2n) is 4.21. The molecule has 1 atom stereocenters. The molecule has 1 heterocycles. The van der Waals surface area contributed by atoms with Gasteiger partial charge in [0.15, 0.2) is 0 Å². The molecule has 0 aromatic heterocycles. The van der Waals surface area contributed by atoms with Crippen LogP contribution in [0.15, 0.2) is 0 Å². The van der Waals surface area contributed by atoms with E-state index < -0.39 is 0 Å². The first-order chi connectivity index (χ1) is 5.05. The van der Waals surface area contributed by atoms with Gasteiger partial charge < -0.3 is 4.79 Å². The predicted octanol–water partition coefficient (Wildman–Crippen LogP) is 1.45. The van der Waals surface area contributed by atoms with Gasteiger partial charge in [-0.2, -0.15) is 0 Å². The van der Waals surface area contributed by atoms with Gasteiger partial charge in [-0.1, -0.05) is 0 Å². The Balaban J connectivity index is 2.63. The Bertz CT molecular complexity index is 148. The molecule has 1 fully saturated rings. The molecule has 1 saturated heterocycles. The van der Waals surface area contributed by atoms with Crippen LogP contribution in [0.2, 0.25) is 0 Å². The van der Waals surface area contributed by atoms with Crippen molar-refractivity contribution in [3.8, 4) is 0 Å². The molecule has 1 rings (SSSR count). The van der Waals surface area contributed by atoms with Crippen molar-refractivity contribution < 1.29 is 4.79 Å². The Labute approximate surface area is 68.6 Å². The van der Waals surface area contributed by atoms with E-state index in [1.807, 2.05) is 0 Å². The molecule has 0 amide bonds. The maximum absolute atomic E-state index is 10.6. The molecule has 0 aromatic rings. The molecular weight excluding hydrogens is 138 g/mol. The number of aldehydes is 1. The monoisotopic (exact) mass is 155 g/mol. The van der Waals surface area contributed by atoms with Crippen LogP contribution in [0.4, 0.5) is 0 Å².